The molecule has 0 atom stereocenters. The van der Waals surface area contributed by atoms with Crippen molar-refractivity contribution in [2.24, 2.45) is 0 Å². The fourth-order valence-corrected chi connectivity index (χ4v) is 1.01. The van der Waals surface area contributed by atoms with Crippen molar-refractivity contribution in [1.29, 1.82) is 0 Å². The number of hydrogen-bond acceptors (Lipinski definition) is 3. The number of rotatable bonds is 6. The zero-order chi connectivity index (χ0) is 11.5. The van der Waals surface area contributed by atoms with Gasteiger partial charge in [-0.25, -0.2) is 0 Å². The largest absolute Gasteiger partial charge is 0.466 e. The van der Waals surface area contributed by atoms with Gasteiger partial charge in [0.1, 0.15) is 5.78 Å². The number of hydrogen-bond donors (Lipinski definition) is 0. The van der Waals surface area contributed by atoms with Crippen LogP contribution < -0.4 is 0 Å². The quantitative estimate of drug-likeness (QED) is 0.498. The molecule has 0 spiro atoms. The van der Waals surface area contributed by atoms with Crippen LogP contribution in [0, 0.1) is 11.8 Å². The molecule has 0 aliphatic carbocycles. The van der Waals surface area contributed by atoms with E-state index < -0.39 is 0 Å². The van der Waals surface area contributed by atoms with Gasteiger partial charge in [0.15, 0.2) is 0 Å². The van der Waals surface area contributed by atoms with Crippen molar-refractivity contribution in [2.45, 2.75) is 46.0 Å². The van der Waals surface area contributed by atoms with Crippen molar-refractivity contribution in [3.63, 3.8) is 0 Å². The van der Waals surface area contributed by atoms with Gasteiger partial charge in [-0.05, 0) is 6.92 Å². The van der Waals surface area contributed by atoms with Crippen molar-refractivity contribution >= 4 is 11.8 Å². The SMILES string of the molecule is CCC#CCCC(=O)CCC(=O)OCC. The zero-order valence-corrected chi connectivity index (χ0v) is 9.47. The van der Waals surface area contributed by atoms with Crippen LogP contribution in [0.1, 0.15) is 46.0 Å². The molecule has 0 aromatic heterocycles. The Morgan fingerprint density at radius 3 is 2.40 bits per heavy atom. The Bertz CT molecular complexity index is 258. The lowest BCUT2D eigenvalue weighted by Crippen LogP contribution is -2.07. The third-order valence-electron chi connectivity index (χ3n) is 1.74. The van der Waals surface area contributed by atoms with E-state index in [0.717, 1.165) is 6.42 Å². The number of Topliss-reactive ketones (excluding diaryl/α,β-unsaturated/α-hetero) is 1. The van der Waals surface area contributed by atoms with Crippen LogP contribution >= 0.6 is 0 Å². The molecule has 0 aromatic rings. The van der Waals surface area contributed by atoms with Gasteiger partial charge in [0.25, 0.3) is 0 Å². The number of ether oxygens (including phenoxy) is 1. The summed E-state index contributed by atoms with van der Waals surface area (Å²) in [7, 11) is 0. The van der Waals surface area contributed by atoms with Gasteiger partial charge < -0.3 is 4.74 Å². The van der Waals surface area contributed by atoms with Gasteiger partial charge >= 0.3 is 5.97 Å². The first-order valence-corrected chi connectivity index (χ1v) is 5.33. The summed E-state index contributed by atoms with van der Waals surface area (Å²) >= 11 is 0. The van der Waals surface area contributed by atoms with Crippen LogP contribution in [0.3, 0.4) is 0 Å². The lowest BCUT2D eigenvalue weighted by atomic mass is 10.1. The molecule has 0 saturated heterocycles. The first kappa shape index (κ1) is 13.7. The van der Waals surface area contributed by atoms with Gasteiger partial charge in [-0.15, -0.1) is 11.8 Å². The predicted octanol–water partition coefficient (Wildman–Crippen LogP) is 2.09. The second-order valence-electron chi connectivity index (χ2n) is 3.05. The molecule has 0 aromatic carbocycles. The first-order chi connectivity index (χ1) is 7.20. The molecule has 0 radical (unpaired) electrons. The average Bonchev–Trinajstić information content (AvgIpc) is 2.22. The summed E-state index contributed by atoms with van der Waals surface area (Å²) in [5.41, 5.74) is 0. The van der Waals surface area contributed by atoms with E-state index in [1.807, 2.05) is 6.92 Å². The molecule has 15 heavy (non-hydrogen) atoms. The van der Waals surface area contributed by atoms with E-state index in [-0.39, 0.29) is 24.6 Å². The summed E-state index contributed by atoms with van der Waals surface area (Å²) in [6.07, 6.45) is 2.30. The lowest BCUT2D eigenvalue weighted by molar-refractivity contribution is -0.144. The smallest absolute Gasteiger partial charge is 0.306 e. The summed E-state index contributed by atoms with van der Waals surface area (Å²) < 4.78 is 4.72. The van der Waals surface area contributed by atoms with Crippen LogP contribution in [0.15, 0.2) is 0 Å². The van der Waals surface area contributed by atoms with Crippen LogP contribution in [-0.4, -0.2) is 18.4 Å². The number of carbonyl (C=O) groups excluding carboxylic acids is 2. The van der Waals surface area contributed by atoms with Crippen molar-refractivity contribution in [3.8, 4) is 11.8 Å². The third kappa shape index (κ3) is 9.01. The highest BCUT2D eigenvalue weighted by Crippen LogP contribution is 1.99. The number of ketones is 1. The van der Waals surface area contributed by atoms with Crippen LogP contribution in [0.25, 0.3) is 0 Å². The molecule has 84 valence electrons. The highest BCUT2D eigenvalue weighted by molar-refractivity contribution is 5.83. The second-order valence-corrected chi connectivity index (χ2v) is 3.05. The Hall–Kier alpha value is -1.30. The standard InChI is InChI=1S/C12H18O3/c1-3-5-6-7-8-11(13)9-10-12(14)15-4-2/h3-4,7-10H2,1-2H3. The summed E-state index contributed by atoms with van der Waals surface area (Å²) in [4.78, 5) is 22.2. The summed E-state index contributed by atoms with van der Waals surface area (Å²) in [5.74, 6) is 5.56. The molecule has 0 amide bonds. The van der Waals surface area contributed by atoms with Gasteiger partial charge in [-0.1, -0.05) is 6.92 Å². The molecule has 0 saturated carbocycles. The molecule has 0 bridgehead atoms. The Labute approximate surface area is 91.2 Å². The number of esters is 1. The van der Waals surface area contributed by atoms with E-state index >= 15 is 0 Å². The molecule has 0 rings (SSSR count). The van der Waals surface area contributed by atoms with E-state index in [1.165, 1.54) is 0 Å². The van der Waals surface area contributed by atoms with Crippen molar-refractivity contribution < 1.29 is 14.3 Å². The average molecular weight is 210 g/mol. The first-order valence-electron chi connectivity index (χ1n) is 5.33. The van der Waals surface area contributed by atoms with Gasteiger partial charge in [0.05, 0.1) is 13.0 Å². The van der Waals surface area contributed by atoms with Gasteiger partial charge in [0, 0.05) is 25.7 Å². The molecule has 0 unspecified atom stereocenters. The van der Waals surface area contributed by atoms with Crippen molar-refractivity contribution in [1.82, 2.24) is 0 Å². The van der Waals surface area contributed by atoms with Gasteiger partial charge in [-0.3, -0.25) is 9.59 Å². The van der Waals surface area contributed by atoms with Gasteiger partial charge in [-0.2, -0.15) is 0 Å². The maximum atomic E-state index is 11.2. The van der Waals surface area contributed by atoms with E-state index in [9.17, 15) is 9.59 Å². The molecule has 3 nitrogen and oxygen atoms in total. The maximum Gasteiger partial charge on any atom is 0.306 e. The third-order valence-corrected chi connectivity index (χ3v) is 1.74. The molecule has 0 N–H and O–H groups in total. The number of carbonyl (C=O) groups is 2. The van der Waals surface area contributed by atoms with Gasteiger partial charge in [0.2, 0.25) is 0 Å². The molecular formula is C12H18O3. The van der Waals surface area contributed by atoms with Crippen LogP contribution in [0.4, 0.5) is 0 Å². The van der Waals surface area contributed by atoms with Crippen LogP contribution in [0.2, 0.25) is 0 Å². The predicted molar refractivity (Wildman–Crippen MR) is 58.2 cm³/mol. The van der Waals surface area contributed by atoms with Crippen molar-refractivity contribution in [3.05, 3.63) is 0 Å². The summed E-state index contributed by atoms with van der Waals surface area (Å²) in [5, 5.41) is 0. The highest BCUT2D eigenvalue weighted by Gasteiger charge is 2.06. The molecular weight excluding hydrogens is 192 g/mol. The summed E-state index contributed by atoms with van der Waals surface area (Å²) in [6.45, 7) is 4.09. The topological polar surface area (TPSA) is 43.4 Å². The van der Waals surface area contributed by atoms with Crippen LogP contribution in [0.5, 0.6) is 0 Å². The normalized spacial score (nSPS) is 8.93. The Morgan fingerprint density at radius 1 is 1.07 bits per heavy atom. The minimum atomic E-state index is -0.300. The molecule has 0 aliphatic rings. The van der Waals surface area contributed by atoms with E-state index in [4.69, 9.17) is 4.74 Å². The molecule has 0 aliphatic heterocycles. The minimum Gasteiger partial charge on any atom is -0.466 e. The van der Waals surface area contributed by atoms with E-state index in [2.05, 4.69) is 11.8 Å². The Balaban J connectivity index is 3.53. The highest BCUT2D eigenvalue weighted by atomic mass is 16.5. The Morgan fingerprint density at radius 2 is 1.80 bits per heavy atom. The molecule has 3 heteroatoms. The van der Waals surface area contributed by atoms with E-state index in [1.54, 1.807) is 6.92 Å². The second kappa shape index (κ2) is 9.26. The Kier molecular flexibility index (Phi) is 8.46. The minimum absolute atomic E-state index is 0.0773. The maximum absolute atomic E-state index is 11.2. The fourth-order valence-electron chi connectivity index (χ4n) is 1.01. The lowest BCUT2D eigenvalue weighted by Gasteiger charge is -1.99. The monoisotopic (exact) mass is 210 g/mol. The summed E-state index contributed by atoms with van der Waals surface area (Å²) in [6, 6.07) is 0. The van der Waals surface area contributed by atoms with Crippen molar-refractivity contribution in [2.75, 3.05) is 6.61 Å². The zero-order valence-electron chi connectivity index (χ0n) is 9.47. The fraction of sp³-hybridized carbons (Fsp3) is 0.667. The molecule has 0 fully saturated rings. The van der Waals surface area contributed by atoms with E-state index in [0.29, 0.717) is 19.4 Å². The molecule has 0 heterocycles. The van der Waals surface area contributed by atoms with Crippen LogP contribution in [-0.2, 0) is 14.3 Å².